The third-order valence-corrected chi connectivity index (χ3v) is 6.32. The highest BCUT2D eigenvalue weighted by Crippen LogP contribution is 2.19. The van der Waals surface area contributed by atoms with Gasteiger partial charge in [-0.15, -0.1) is 0 Å². The van der Waals surface area contributed by atoms with Crippen molar-refractivity contribution in [3.63, 3.8) is 0 Å². The van der Waals surface area contributed by atoms with Gasteiger partial charge in [0.1, 0.15) is 11.6 Å². The van der Waals surface area contributed by atoms with Crippen molar-refractivity contribution in [3.05, 3.63) is 117 Å². The molecule has 0 aliphatic heterocycles. The van der Waals surface area contributed by atoms with E-state index in [1.807, 2.05) is 0 Å². The van der Waals surface area contributed by atoms with E-state index in [0.29, 0.717) is 30.0 Å². The van der Waals surface area contributed by atoms with Gasteiger partial charge >= 0.3 is 0 Å². The molecule has 1 aromatic heterocycles. The molecule has 1 heterocycles. The zero-order chi connectivity index (χ0) is 26.5. The number of pyridine rings is 1. The van der Waals surface area contributed by atoms with Crippen molar-refractivity contribution in [1.82, 2.24) is 9.88 Å². The van der Waals surface area contributed by atoms with E-state index in [1.54, 1.807) is 18.2 Å². The van der Waals surface area contributed by atoms with Crippen LogP contribution >= 0.6 is 0 Å². The Labute approximate surface area is 211 Å². The summed E-state index contributed by atoms with van der Waals surface area (Å²) in [7, 11) is 0. The highest BCUT2D eigenvalue weighted by atomic mass is 19.1. The summed E-state index contributed by atoms with van der Waals surface area (Å²) in [4.78, 5) is 38.5. The molecule has 1 aliphatic carbocycles. The molecule has 2 aromatic carbocycles. The number of hydrogen-bond donors (Lipinski definition) is 3. The predicted molar refractivity (Wildman–Crippen MR) is 132 cm³/mol. The molecular weight excluding hydrogens is 482 g/mol. The van der Waals surface area contributed by atoms with Crippen molar-refractivity contribution in [1.29, 1.82) is 0 Å². The molecule has 1 amide bonds. The zero-order valence-electron chi connectivity index (χ0n) is 19.9. The van der Waals surface area contributed by atoms with Gasteiger partial charge in [-0.3, -0.25) is 14.4 Å². The molecule has 1 aliphatic rings. The maximum atomic E-state index is 14.3. The Kier molecular flexibility index (Phi) is 7.93. The third kappa shape index (κ3) is 6.37. The molecule has 0 spiro atoms. The van der Waals surface area contributed by atoms with Crippen LogP contribution in [0.15, 0.2) is 77.4 Å². The minimum absolute atomic E-state index is 0.154. The van der Waals surface area contributed by atoms with Gasteiger partial charge in [0.05, 0.1) is 24.3 Å². The number of rotatable bonds is 8. The number of hydrogen-bond acceptors (Lipinski definition) is 5. The number of nitrogens with zero attached hydrogens (tertiary/aromatic N) is 1. The number of halogens is 2. The average Bonchev–Trinajstić information content (AvgIpc) is 3.27. The molecule has 37 heavy (non-hydrogen) atoms. The van der Waals surface area contributed by atoms with E-state index in [1.165, 1.54) is 47.2 Å². The largest absolute Gasteiger partial charge is 0.503 e. The SMILES string of the molecule is O=C(N[C@H]1CCC[C@@H]1O)C(O)=CC(=O)c1cc(Cc2ccc(F)cc2)cn(Cc2ccccc2F)c1=O. The van der Waals surface area contributed by atoms with Gasteiger partial charge in [-0.25, -0.2) is 8.78 Å². The van der Waals surface area contributed by atoms with Crippen LogP contribution in [0.2, 0.25) is 0 Å². The Bertz CT molecular complexity index is 1400. The van der Waals surface area contributed by atoms with Crippen LogP contribution in [0.25, 0.3) is 0 Å². The molecule has 0 saturated heterocycles. The first-order valence-electron chi connectivity index (χ1n) is 11.9. The predicted octanol–water partition coefficient (Wildman–Crippen LogP) is 3.42. The average molecular weight is 509 g/mol. The summed E-state index contributed by atoms with van der Waals surface area (Å²) >= 11 is 0. The fourth-order valence-electron chi connectivity index (χ4n) is 4.36. The zero-order valence-corrected chi connectivity index (χ0v) is 19.9. The highest BCUT2D eigenvalue weighted by molar-refractivity contribution is 6.08. The molecular formula is C28H26F2N2O5. The number of aromatic nitrogens is 1. The Morgan fingerprint density at radius 1 is 1.05 bits per heavy atom. The van der Waals surface area contributed by atoms with Crippen molar-refractivity contribution >= 4 is 11.7 Å². The number of aliphatic hydroxyl groups excluding tert-OH is 2. The number of carbonyl (C=O) groups excluding carboxylic acids is 2. The highest BCUT2D eigenvalue weighted by Gasteiger charge is 2.28. The molecule has 1 fully saturated rings. The number of ketones is 1. The van der Waals surface area contributed by atoms with Crippen LogP contribution in [0.1, 0.15) is 46.3 Å². The van der Waals surface area contributed by atoms with Crippen LogP contribution in [0.4, 0.5) is 8.78 Å². The van der Waals surface area contributed by atoms with Crippen molar-refractivity contribution in [2.75, 3.05) is 0 Å². The lowest BCUT2D eigenvalue weighted by atomic mass is 10.0. The minimum atomic E-state index is -0.937. The molecule has 1 saturated carbocycles. The van der Waals surface area contributed by atoms with Gasteiger partial charge in [-0.05, 0) is 61.1 Å². The number of aliphatic hydroxyl groups is 2. The summed E-state index contributed by atoms with van der Waals surface area (Å²) < 4.78 is 28.8. The van der Waals surface area contributed by atoms with Crippen LogP contribution < -0.4 is 10.9 Å². The second-order valence-electron chi connectivity index (χ2n) is 9.06. The first-order valence-corrected chi connectivity index (χ1v) is 11.9. The van der Waals surface area contributed by atoms with Crippen molar-refractivity contribution in [2.45, 2.75) is 44.4 Å². The van der Waals surface area contributed by atoms with Gasteiger partial charge in [-0.2, -0.15) is 0 Å². The third-order valence-electron chi connectivity index (χ3n) is 6.32. The van der Waals surface area contributed by atoms with Gasteiger partial charge < -0.3 is 20.1 Å². The molecule has 0 unspecified atom stereocenters. The maximum absolute atomic E-state index is 14.3. The summed E-state index contributed by atoms with van der Waals surface area (Å²) in [5, 5.41) is 22.6. The lowest BCUT2D eigenvalue weighted by Crippen LogP contribution is -2.40. The van der Waals surface area contributed by atoms with Gasteiger partial charge in [0.25, 0.3) is 11.5 Å². The van der Waals surface area contributed by atoms with E-state index in [0.717, 1.165) is 6.42 Å². The van der Waals surface area contributed by atoms with Gasteiger partial charge in [0, 0.05) is 17.8 Å². The molecule has 3 aromatic rings. The maximum Gasteiger partial charge on any atom is 0.286 e. The van der Waals surface area contributed by atoms with Crippen molar-refractivity contribution < 1.29 is 28.6 Å². The van der Waals surface area contributed by atoms with E-state index in [2.05, 4.69) is 5.32 Å². The second-order valence-corrected chi connectivity index (χ2v) is 9.06. The van der Waals surface area contributed by atoms with E-state index in [-0.39, 0.29) is 24.1 Å². The summed E-state index contributed by atoms with van der Waals surface area (Å²) in [5.74, 6) is -3.67. The molecule has 0 bridgehead atoms. The second kappa shape index (κ2) is 11.3. The van der Waals surface area contributed by atoms with E-state index in [4.69, 9.17) is 0 Å². The molecule has 2 atom stereocenters. The first-order chi connectivity index (χ1) is 17.7. The molecule has 192 valence electrons. The van der Waals surface area contributed by atoms with Gasteiger partial charge in [0.2, 0.25) is 0 Å². The number of carbonyl (C=O) groups is 2. The van der Waals surface area contributed by atoms with Crippen molar-refractivity contribution in [3.8, 4) is 0 Å². The molecule has 7 nitrogen and oxygen atoms in total. The van der Waals surface area contributed by atoms with Crippen molar-refractivity contribution in [2.24, 2.45) is 0 Å². The smallest absolute Gasteiger partial charge is 0.286 e. The lowest BCUT2D eigenvalue weighted by molar-refractivity contribution is -0.121. The van der Waals surface area contributed by atoms with E-state index < -0.39 is 46.8 Å². The topological polar surface area (TPSA) is 109 Å². The first kappa shape index (κ1) is 26.0. The van der Waals surface area contributed by atoms with Crippen LogP contribution in [0, 0.1) is 11.6 Å². The summed E-state index contributed by atoms with van der Waals surface area (Å²) in [6.45, 7) is -0.154. The van der Waals surface area contributed by atoms with Crippen LogP contribution in [-0.4, -0.2) is 38.6 Å². The van der Waals surface area contributed by atoms with Gasteiger partial charge in [0.15, 0.2) is 11.5 Å². The molecule has 3 N–H and O–H groups in total. The molecule has 4 rings (SSSR count). The molecule has 0 radical (unpaired) electrons. The normalized spacial score (nSPS) is 17.5. The Morgan fingerprint density at radius 2 is 1.78 bits per heavy atom. The summed E-state index contributed by atoms with van der Waals surface area (Å²) in [5.41, 5.74) is 0.402. The van der Waals surface area contributed by atoms with Crippen LogP contribution in [0.3, 0.4) is 0 Å². The van der Waals surface area contributed by atoms with Crippen LogP contribution in [0.5, 0.6) is 0 Å². The van der Waals surface area contributed by atoms with E-state index >= 15 is 0 Å². The monoisotopic (exact) mass is 508 g/mol. The molecule has 9 heteroatoms. The van der Waals surface area contributed by atoms with E-state index in [9.17, 15) is 33.4 Å². The van der Waals surface area contributed by atoms with Gasteiger partial charge in [-0.1, -0.05) is 30.3 Å². The standard InChI is InChI=1S/C28H26F2N2O5/c29-20-10-8-17(9-11-20)12-18-13-21(28(37)32(15-18)16-19-4-1-2-5-22(19)30)25(34)14-26(35)27(36)31-23-6-3-7-24(23)33/h1-2,4-5,8-11,13-15,23-24,33,35H,3,6-7,12,16H2,(H,31,36)/t23-,24-/m0/s1. The number of allylic oxidation sites excluding steroid dienone is 1. The Balaban J connectivity index is 1.66. The summed E-state index contributed by atoms with van der Waals surface area (Å²) in [6.07, 6.45) is 3.44. The fourth-order valence-corrected chi connectivity index (χ4v) is 4.36. The number of amides is 1. The van der Waals surface area contributed by atoms with Crippen LogP contribution in [-0.2, 0) is 17.8 Å². The number of benzene rings is 2. The lowest BCUT2D eigenvalue weighted by Gasteiger charge is -2.15. The Hall–Kier alpha value is -4.11. The quantitative estimate of drug-likeness (QED) is 0.246. The number of nitrogens with one attached hydrogen (secondary N) is 1. The Morgan fingerprint density at radius 3 is 2.46 bits per heavy atom. The fraction of sp³-hybridized carbons (Fsp3) is 0.250. The summed E-state index contributed by atoms with van der Waals surface area (Å²) in [6, 6.07) is 12.4. The minimum Gasteiger partial charge on any atom is -0.503 e.